The zero-order chi connectivity index (χ0) is 23.8. The van der Waals surface area contributed by atoms with Gasteiger partial charge in [0, 0.05) is 19.5 Å². The Morgan fingerprint density at radius 1 is 1.35 bits per heavy atom. The summed E-state index contributed by atoms with van der Waals surface area (Å²) in [5, 5.41) is 34.3. The van der Waals surface area contributed by atoms with E-state index in [1.807, 2.05) is 4.72 Å². The molecule has 0 aliphatic heterocycles. The van der Waals surface area contributed by atoms with Gasteiger partial charge < -0.3 is 36.8 Å². The van der Waals surface area contributed by atoms with Crippen molar-refractivity contribution < 1.29 is 32.7 Å². The maximum atomic E-state index is 12.0. The molecule has 176 valence electrons. The smallest absolute Gasteiger partial charge is 0.324 e. The Hall–Kier alpha value is -2.86. The summed E-state index contributed by atoms with van der Waals surface area (Å²) in [5.74, 6) is -2.28. The number of rotatable bonds is 13. The topological polar surface area (TPSA) is 272 Å². The third kappa shape index (κ3) is 9.66. The highest BCUT2D eigenvalue weighted by molar-refractivity contribution is 7.87. The molecule has 1 aromatic heterocycles. The monoisotopic (exact) mass is 465 g/mol. The van der Waals surface area contributed by atoms with Crippen LogP contribution in [0.1, 0.15) is 38.0 Å². The number of aliphatic carboxylic acids is 1. The van der Waals surface area contributed by atoms with Gasteiger partial charge in [0.25, 0.3) is 10.2 Å². The molecular formula is C14H27N9O7S. The highest BCUT2D eigenvalue weighted by Crippen LogP contribution is 2.13. The lowest BCUT2D eigenvalue weighted by atomic mass is 10.1. The number of nitrogens with zero attached hydrogens (tertiary/aromatic N) is 2. The number of guanidine groups is 1. The van der Waals surface area contributed by atoms with Crippen molar-refractivity contribution in [1.29, 1.82) is 5.41 Å². The van der Waals surface area contributed by atoms with E-state index >= 15 is 0 Å². The Morgan fingerprint density at radius 3 is 2.52 bits per heavy atom. The van der Waals surface area contributed by atoms with Crippen LogP contribution in [0.2, 0.25) is 0 Å². The number of carboxylic acid groups (broad SMARTS) is 1. The number of carboxylic acids is 1. The zero-order valence-electron chi connectivity index (χ0n) is 16.8. The molecule has 0 saturated carbocycles. The average Bonchev–Trinajstić information content (AvgIpc) is 3.11. The predicted molar refractivity (Wildman–Crippen MR) is 105 cm³/mol. The fourth-order valence-electron chi connectivity index (χ4n) is 2.34. The molecule has 0 bridgehead atoms. The van der Waals surface area contributed by atoms with Gasteiger partial charge in [0.1, 0.15) is 6.04 Å². The average molecular weight is 465 g/mol. The maximum absolute atomic E-state index is 12.0. The summed E-state index contributed by atoms with van der Waals surface area (Å²) in [5.41, 5.74) is 11.2. The molecule has 11 N–H and O–H groups in total. The highest BCUT2D eigenvalue weighted by Gasteiger charge is 2.28. The lowest BCUT2D eigenvalue weighted by Crippen LogP contribution is -2.51. The minimum Gasteiger partial charge on any atom is -0.480 e. The molecule has 16 nitrogen and oxygen atoms in total. The van der Waals surface area contributed by atoms with Crippen molar-refractivity contribution in [2.75, 3.05) is 6.54 Å². The molecule has 0 saturated heterocycles. The summed E-state index contributed by atoms with van der Waals surface area (Å²) in [4.78, 5) is 26.3. The van der Waals surface area contributed by atoms with Gasteiger partial charge in [-0.3, -0.25) is 15.0 Å². The lowest BCUT2D eigenvalue weighted by Gasteiger charge is -2.20. The standard InChI is InChI=1S/C14H27N9O7S/c1-6(24)11(13(26)27)23-31(28,29)19-5-10-21-12(22-30-10)9(15)3-8(20-7(2)25)4-18-14(16)17/h6,8-9,11,19,23-24H,3-5,15H2,1-2H3,(H,20,25)(H,26,27)(H4,16,17,18)/t6-,8?,9+,11+/m1/s1. The fraction of sp³-hybridized carbons (Fsp3) is 0.643. The third-order valence-corrected chi connectivity index (χ3v) is 4.83. The minimum atomic E-state index is -4.32. The van der Waals surface area contributed by atoms with E-state index in [-0.39, 0.29) is 36.5 Å². The number of carbonyl (C=O) groups excluding carboxylic acids is 1. The zero-order valence-corrected chi connectivity index (χ0v) is 17.6. The van der Waals surface area contributed by atoms with E-state index in [9.17, 15) is 23.1 Å². The molecule has 31 heavy (non-hydrogen) atoms. The first-order chi connectivity index (χ1) is 14.3. The van der Waals surface area contributed by atoms with Crippen LogP contribution in [0.25, 0.3) is 0 Å². The van der Waals surface area contributed by atoms with Crippen molar-refractivity contribution in [3.05, 3.63) is 11.7 Å². The molecule has 4 atom stereocenters. The molecule has 1 aromatic rings. The number of nitrogens with one attached hydrogen (secondary N) is 5. The number of aliphatic hydroxyl groups is 1. The van der Waals surface area contributed by atoms with Crippen LogP contribution >= 0.6 is 0 Å². The number of carbonyl (C=O) groups is 2. The molecule has 1 amide bonds. The van der Waals surface area contributed by atoms with Crippen molar-refractivity contribution in [2.24, 2.45) is 11.5 Å². The Morgan fingerprint density at radius 2 is 2.00 bits per heavy atom. The lowest BCUT2D eigenvalue weighted by molar-refractivity contribution is -0.141. The van der Waals surface area contributed by atoms with Gasteiger partial charge in [-0.05, 0) is 13.3 Å². The molecule has 1 rings (SSSR count). The largest absolute Gasteiger partial charge is 0.480 e. The SMILES string of the molecule is CC(=O)NC(CNC(=N)N)C[C@H](N)c1noc(CNS(=O)(=O)N[C@H](C(=O)O)[C@@H](C)O)n1. The van der Waals surface area contributed by atoms with Crippen molar-refractivity contribution in [1.82, 2.24) is 30.2 Å². The van der Waals surface area contributed by atoms with Gasteiger partial charge in [0.15, 0.2) is 11.8 Å². The number of hydrogen-bond donors (Lipinski definition) is 9. The van der Waals surface area contributed by atoms with E-state index in [1.165, 1.54) is 6.92 Å². The third-order valence-electron chi connectivity index (χ3n) is 3.74. The first-order valence-corrected chi connectivity index (χ1v) is 10.4. The first kappa shape index (κ1) is 26.2. The molecule has 0 aromatic carbocycles. The van der Waals surface area contributed by atoms with Gasteiger partial charge in [-0.2, -0.15) is 22.8 Å². The van der Waals surface area contributed by atoms with Gasteiger partial charge in [0.2, 0.25) is 11.8 Å². The van der Waals surface area contributed by atoms with E-state index in [0.717, 1.165) is 6.92 Å². The van der Waals surface area contributed by atoms with Crippen LogP contribution < -0.4 is 31.5 Å². The van der Waals surface area contributed by atoms with Crippen LogP contribution in [0.5, 0.6) is 0 Å². The van der Waals surface area contributed by atoms with E-state index in [0.29, 0.717) is 0 Å². The molecule has 0 aliphatic carbocycles. The summed E-state index contributed by atoms with van der Waals surface area (Å²) >= 11 is 0. The summed E-state index contributed by atoms with van der Waals surface area (Å²) in [7, 11) is -4.32. The van der Waals surface area contributed by atoms with Crippen molar-refractivity contribution in [2.45, 2.75) is 51.0 Å². The number of nitrogens with two attached hydrogens (primary N) is 2. The second-order valence-electron chi connectivity index (χ2n) is 6.58. The molecule has 0 spiro atoms. The van der Waals surface area contributed by atoms with E-state index in [2.05, 4.69) is 20.8 Å². The Labute approximate surface area is 177 Å². The molecule has 0 fully saturated rings. The van der Waals surface area contributed by atoms with E-state index in [1.54, 1.807) is 4.72 Å². The van der Waals surface area contributed by atoms with Gasteiger partial charge in [0.05, 0.1) is 18.7 Å². The first-order valence-electron chi connectivity index (χ1n) is 8.91. The molecule has 1 heterocycles. The number of amides is 1. The van der Waals surface area contributed by atoms with Crippen LogP contribution in [-0.4, -0.2) is 71.3 Å². The summed E-state index contributed by atoms with van der Waals surface area (Å²) < 4.78 is 32.6. The number of aliphatic hydroxyl groups excluding tert-OH is 1. The van der Waals surface area contributed by atoms with Gasteiger partial charge >= 0.3 is 5.97 Å². The molecule has 1 unspecified atom stereocenters. The summed E-state index contributed by atoms with van der Waals surface area (Å²) in [6, 6.07) is -3.06. The maximum Gasteiger partial charge on any atom is 0.324 e. The predicted octanol–water partition coefficient (Wildman–Crippen LogP) is -3.79. The second kappa shape index (κ2) is 11.5. The minimum absolute atomic E-state index is 0.0349. The van der Waals surface area contributed by atoms with Crippen molar-refractivity contribution in [3.63, 3.8) is 0 Å². The van der Waals surface area contributed by atoms with E-state index < -0.39 is 47.0 Å². The molecule has 17 heteroatoms. The fourth-order valence-corrected chi connectivity index (χ4v) is 3.37. The Balaban J connectivity index is 2.71. The van der Waals surface area contributed by atoms with Crippen LogP contribution in [0.4, 0.5) is 0 Å². The van der Waals surface area contributed by atoms with Crippen molar-refractivity contribution in [3.8, 4) is 0 Å². The normalized spacial score (nSPS) is 15.5. The quantitative estimate of drug-likeness (QED) is 0.100. The van der Waals surface area contributed by atoms with Crippen LogP contribution in [0, 0.1) is 5.41 Å². The highest BCUT2D eigenvalue weighted by atomic mass is 32.2. The van der Waals surface area contributed by atoms with Gasteiger partial charge in [-0.25, -0.2) is 0 Å². The Bertz CT molecular complexity index is 873. The van der Waals surface area contributed by atoms with Crippen LogP contribution in [0.15, 0.2) is 4.52 Å². The van der Waals surface area contributed by atoms with Crippen LogP contribution in [-0.2, 0) is 26.3 Å². The summed E-state index contributed by atoms with van der Waals surface area (Å²) in [6.45, 7) is 2.09. The molecule has 0 aliphatic rings. The van der Waals surface area contributed by atoms with Gasteiger partial charge in [-0.1, -0.05) is 5.16 Å². The van der Waals surface area contributed by atoms with E-state index in [4.69, 9.17) is 26.5 Å². The molecular weight excluding hydrogens is 438 g/mol. The second-order valence-corrected chi connectivity index (χ2v) is 8.11. The summed E-state index contributed by atoms with van der Waals surface area (Å²) in [6.07, 6.45) is -1.32. The van der Waals surface area contributed by atoms with Crippen LogP contribution in [0.3, 0.4) is 0 Å². The Kier molecular flexibility index (Phi) is 9.72. The van der Waals surface area contributed by atoms with Crippen molar-refractivity contribution >= 4 is 28.0 Å². The molecule has 0 radical (unpaired) electrons. The number of hydrogen-bond acceptors (Lipinski definition) is 10. The van der Waals surface area contributed by atoms with Gasteiger partial charge in [-0.15, -0.1) is 0 Å². The number of aromatic nitrogens is 2.